The molecule has 0 bridgehead atoms. The molecule has 0 saturated carbocycles. The summed E-state index contributed by atoms with van der Waals surface area (Å²) in [5.74, 6) is 5.10. The Morgan fingerprint density at radius 2 is 1.30 bits per heavy atom. The molecule has 0 aliphatic heterocycles. The van der Waals surface area contributed by atoms with Gasteiger partial charge in [0.2, 0.25) is 0 Å². The third kappa shape index (κ3) is 7.25. The monoisotopic (exact) mass is 287 g/mol. The molecule has 4 nitrogen and oxygen atoms in total. The van der Waals surface area contributed by atoms with Gasteiger partial charge in [-0.3, -0.25) is 9.63 Å². The summed E-state index contributed by atoms with van der Waals surface area (Å²) in [5, 5.41) is 0. The van der Waals surface area contributed by atoms with Crippen molar-refractivity contribution in [2.45, 2.75) is 86.4 Å². The lowest BCUT2D eigenvalue weighted by molar-refractivity contribution is -0.175. The SMILES string of the molecule is CC(C)(C)CC(C)(C)C(=O)OC(C)(C)CC(C)(C)ON. The smallest absolute Gasteiger partial charge is 0.312 e. The van der Waals surface area contributed by atoms with Crippen LogP contribution in [-0.2, 0) is 14.4 Å². The number of ether oxygens (including phenoxy) is 1. The van der Waals surface area contributed by atoms with Crippen molar-refractivity contribution >= 4 is 5.97 Å². The number of hydrogen-bond donors (Lipinski definition) is 1. The molecule has 0 amide bonds. The summed E-state index contributed by atoms with van der Waals surface area (Å²) < 4.78 is 5.71. The van der Waals surface area contributed by atoms with E-state index in [1.807, 2.05) is 41.5 Å². The standard InChI is InChI=1S/C16H33NO3/c1-13(2,3)10-14(4,5)12(18)19-15(6,7)11-16(8,9)20-17/h10-11,17H2,1-9H3. The molecule has 2 N–H and O–H groups in total. The predicted octanol–water partition coefficient (Wildman–Crippen LogP) is 3.83. The normalized spacial score (nSPS) is 14.3. The molecule has 0 heterocycles. The van der Waals surface area contributed by atoms with Gasteiger partial charge in [-0.15, -0.1) is 0 Å². The van der Waals surface area contributed by atoms with E-state index < -0.39 is 16.6 Å². The number of carbonyl (C=O) groups is 1. The molecule has 0 aromatic heterocycles. The third-order valence-electron chi connectivity index (χ3n) is 3.06. The summed E-state index contributed by atoms with van der Waals surface area (Å²) in [4.78, 5) is 17.4. The second-order valence-corrected chi connectivity index (χ2v) is 8.82. The summed E-state index contributed by atoms with van der Waals surface area (Å²) in [7, 11) is 0. The van der Waals surface area contributed by atoms with E-state index in [0.717, 1.165) is 6.42 Å². The maximum Gasteiger partial charge on any atom is 0.312 e. The first-order valence-corrected chi connectivity index (χ1v) is 7.22. The molecular formula is C16H33NO3. The molecule has 0 fully saturated rings. The molecular weight excluding hydrogens is 254 g/mol. The Kier molecular flexibility index (Phi) is 5.84. The number of hydrogen-bond acceptors (Lipinski definition) is 4. The molecule has 0 aliphatic carbocycles. The van der Waals surface area contributed by atoms with E-state index in [9.17, 15) is 4.79 Å². The zero-order chi connectivity index (χ0) is 16.4. The molecule has 0 spiro atoms. The molecule has 120 valence electrons. The summed E-state index contributed by atoms with van der Waals surface area (Å²) in [6, 6.07) is 0. The Labute approximate surface area is 124 Å². The fourth-order valence-corrected chi connectivity index (χ4v) is 2.89. The van der Waals surface area contributed by atoms with Gasteiger partial charge in [0.1, 0.15) is 5.60 Å². The van der Waals surface area contributed by atoms with Crippen LogP contribution < -0.4 is 5.90 Å². The van der Waals surface area contributed by atoms with Gasteiger partial charge in [-0.05, 0) is 53.4 Å². The number of nitrogens with two attached hydrogens (primary N) is 1. The van der Waals surface area contributed by atoms with Crippen LogP contribution in [0.3, 0.4) is 0 Å². The van der Waals surface area contributed by atoms with Crippen LogP contribution in [-0.4, -0.2) is 17.2 Å². The van der Waals surface area contributed by atoms with E-state index in [4.69, 9.17) is 15.5 Å². The zero-order valence-electron chi connectivity index (χ0n) is 14.7. The average Bonchev–Trinajstić information content (AvgIpc) is 2.11. The fraction of sp³-hybridized carbons (Fsp3) is 0.938. The molecule has 0 aromatic carbocycles. The lowest BCUT2D eigenvalue weighted by Gasteiger charge is -2.37. The lowest BCUT2D eigenvalue weighted by atomic mass is 9.76. The fourth-order valence-electron chi connectivity index (χ4n) is 2.89. The van der Waals surface area contributed by atoms with Gasteiger partial charge in [-0.25, -0.2) is 5.90 Å². The predicted molar refractivity (Wildman–Crippen MR) is 82.0 cm³/mol. The van der Waals surface area contributed by atoms with E-state index in [2.05, 4.69) is 20.8 Å². The van der Waals surface area contributed by atoms with Gasteiger partial charge in [0, 0.05) is 6.42 Å². The second kappa shape index (κ2) is 6.02. The van der Waals surface area contributed by atoms with Crippen molar-refractivity contribution in [2.75, 3.05) is 0 Å². The zero-order valence-corrected chi connectivity index (χ0v) is 14.7. The van der Waals surface area contributed by atoms with E-state index in [0.29, 0.717) is 6.42 Å². The maximum atomic E-state index is 12.4. The molecule has 0 atom stereocenters. The highest BCUT2D eigenvalue weighted by atomic mass is 16.6. The summed E-state index contributed by atoms with van der Waals surface area (Å²) in [6.45, 7) is 17.8. The van der Waals surface area contributed by atoms with Crippen molar-refractivity contribution in [1.82, 2.24) is 0 Å². The van der Waals surface area contributed by atoms with Gasteiger partial charge in [0.05, 0.1) is 11.0 Å². The van der Waals surface area contributed by atoms with Crippen molar-refractivity contribution in [1.29, 1.82) is 0 Å². The molecule has 0 aliphatic rings. The first-order valence-electron chi connectivity index (χ1n) is 7.22. The molecule has 20 heavy (non-hydrogen) atoms. The van der Waals surface area contributed by atoms with Crippen LogP contribution >= 0.6 is 0 Å². The van der Waals surface area contributed by atoms with Gasteiger partial charge in [-0.1, -0.05) is 20.8 Å². The largest absolute Gasteiger partial charge is 0.459 e. The van der Waals surface area contributed by atoms with E-state index in [1.54, 1.807) is 0 Å². The summed E-state index contributed by atoms with van der Waals surface area (Å²) >= 11 is 0. The van der Waals surface area contributed by atoms with Crippen LogP contribution in [0.25, 0.3) is 0 Å². The van der Waals surface area contributed by atoms with Gasteiger partial charge in [0.15, 0.2) is 0 Å². The number of carbonyl (C=O) groups excluding carboxylic acids is 1. The second-order valence-electron chi connectivity index (χ2n) is 8.82. The van der Waals surface area contributed by atoms with Crippen molar-refractivity contribution < 1.29 is 14.4 Å². The molecule has 0 saturated heterocycles. The third-order valence-corrected chi connectivity index (χ3v) is 3.06. The Morgan fingerprint density at radius 1 is 0.850 bits per heavy atom. The molecule has 0 aromatic rings. The average molecular weight is 287 g/mol. The van der Waals surface area contributed by atoms with Crippen LogP contribution in [0.1, 0.15) is 75.2 Å². The number of rotatable bonds is 6. The first-order chi connectivity index (χ1) is 8.60. The van der Waals surface area contributed by atoms with Gasteiger partial charge >= 0.3 is 5.97 Å². The highest BCUT2D eigenvalue weighted by Crippen LogP contribution is 2.36. The summed E-state index contributed by atoms with van der Waals surface area (Å²) in [5.41, 5.74) is -1.58. The van der Waals surface area contributed by atoms with Gasteiger partial charge < -0.3 is 4.74 Å². The topological polar surface area (TPSA) is 61.5 Å². The minimum Gasteiger partial charge on any atom is -0.459 e. The van der Waals surface area contributed by atoms with Crippen LogP contribution in [0.15, 0.2) is 0 Å². The Morgan fingerprint density at radius 3 is 1.65 bits per heavy atom. The highest BCUT2D eigenvalue weighted by Gasteiger charge is 2.39. The van der Waals surface area contributed by atoms with Crippen LogP contribution in [0.4, 0.5) is 0 Å². The van der Waals surface area contributed by atoms with Crippen LogP contribution in [0.5, 0.6) is 0 Å². The Hall–Kier alpha value is -0.610. The minimum atomic E-state index is -0.616. The number of esters is 1. The summed E-state index contributed by atoms with van der Waals surface area (Å²) in [6.07, 6.45) is 1.31. The lowest BCUT2D eigenvalue weighted by Crippen LogP contribution is -2.43. The Bertz CT molecular complexity index is 338. The molecule has 4 heteroatoms. The van der Waals surface area contributed by atoms with Crippen molar-refractivity contribution in [3.63, 3.8) is 0 Å². The van der Waals surface area contributed by atoms with Crippen LogP contribution in [0, 0.1) is 10.8 Å². The molecule has 0 rings (SSSR count). The minimum absolute atomic E-state index is 0.0757. The van der Waals surface area contributed by atoms with Crippen LogP contribution in [0.2, 0.25) is 0 Å². The van der Waals surface area contributed by atoms with Crippen molar-refractivity contribution in [2.24, 2.45) is 16.7 Å². The van der Waals surface area contributed by atoms with E-state index in [-0.39, 0.29) is 11.4 Å². The van der Waals surface area contributed by atoms with Crippen molar-refractivity contribution in [3.05, 3.63) is 0 Å². The Balaban J connectivity index is 4.81. The quantitative estimate of drug-likeness (QED) is 0.595. The molecule has 0 unspecified atom stereocenters. The highest BCUT2D eigenvalue weighted by molar-refractivity contribution is 5.76. The van der Waals surface area contributed by atoms with E-state index >= 15 is 0 Å². The first kappa shape index (κ1) is 19.4. The van der Waals surface area contributed by atoms with Gasteiger partial charge in [-0.2, -0.15) is 0 Å². The van der Waals surface area contributed by atoms with Crippen molar-refractivity contribution in [3.8, 4) is 0 Å². The maximum absolute atomic E-state index is 12.4. The van der Waals surface area contributed by atoms with E-state index in [1.165, 1.54) is 0 Å². The van der Waals surface area contributed by atoms with Gasteiger partial charge in [0.25, 0.3) is 0 Å². The molecule has 0 radical (unpaired) electrons.